The number of hydrogen-bond acceptors (Lipinski definition) is 7. The molecule has 0 aliphatic carbocycles. The number of rotatable bonds is 19. The van der Waals surface area contributed by atoms with Gasteiger partial charge in [-0.1, -0.05) is 71.8 Å². The number of alkyl halides is 1. The lowest BCUT2D eigenvalue weighted by Crippen LogP contribution is -2.57. The van der Waals surface area contributed by atoms with E-state index in [4.69, 9.17) is 9.47 Å². The van der Waals surface area contributed by atoms with E-state index in [0.717, 1.165) is 18.4 Å². The molecule has 1 aromatic rings. The van der Waals surface area contributed by atoms with Crippen LogP contribution in [0.4, 0.5) is 0 Å². The monoisotopic (exact) mass is 701 g/mol. The summed E-state index contributed by atoms with van der Waals surface area (Å²) in [7, 11) is 0. The van der Waals surface area contributed by atoms with E-state index in [2.05, 4.69) is 41.3 Å². The molecule has 3 aliphatic rings. The Morgan fingerprint density at radius 1 is 1.20 bits per heavy atom. The van der Waals surface area contributed by atoms with E-state index in [1.807, 2.05) is 30.3 Å². The van der Waals surface area contributed by atoms with Gasteiger partial charge < -0.3 is 29.7 Å². The molecule has 4 rings (SSSR count). The molecule has 46 heavy (non-hydrogen) atoms. The van der Waals surface area contributed by atoms with Crippen LogP contribution in [0.2, 0.25) is 0 Å². The number of carbonyl (C=O) groups is 4. The number of amides is 3. The smallest absolute Gasteiger partial charge is 0.306 e. The van der Waals surface area contributed by atoms with Crippen LogP contribution in [-0.2, 0) is 28.7 Å². The average Bonchev–Trinajstić information content (AvgIpc) is 3.65. The molecule has 2 bridgehead atoms. The molecule has 2 N–H and O–H groups in total. The van der Waals surface area contributed by atoms with Crippen LogP contribution in [0.25, 0.3) is 0 Å². The Bertz CT molecular complexity index is 1250. The quantitative estimate of drug-likeness (QED) is 0.0964. The molecule has 3 saturated heterocycles. The molecule has 7 atom stereocenters. The number of nitrogens with one attached hydrogen (secondary N) is 1. The lowest BCUT2D eigenvalue weighted by atomic mass is 9.70. The summed E-state index contributed by atoms with van der Waals surface area (Å²) in [6, 6.07) is 7.72. The number of aliphatic hydroxyl groups excluding tert-OH is 1. The lowest BCUT2D eigenvalue weighted by Gasteiger charge is -2.37. The molecular weight excluding hydrogens is 654 g/mol. The molecule has 252 valence electrons. The molecule has 11 heteroatoms. The van der Waals surface area contributed by atoms with Gasteiger partial charge in [-0.15, -0.1) is 13.2 Å². The molecule has 0 aromatic heterocycles. The summed E-state index contributed by atoms with van der Waals surface area (Å²) in [6.07, 6.45) is 7.43. The SMILES string of the molecule is C=CCCC(=O)OC[C@H](NC(=O)[C@H]1[C@@H]2O[C@@]3(CC2Br)[C@@H]1C(=O)N(CCCCCO)[C@@H]3C(=O)N(CC=C)CCCC)c1ccccc1. The van der Waals surface area contributed by atoms with Crippen molar-refractivity contribution in [1.29, 1.82) is 0 Å². The molecule has 3 heterocycles. The first-order valence-electron chi connectivity index (χ1n) is 16.5. The normalized spacial score (nSPS) is 26.8. The van der Waals surface area contributed by atoms with Crippen molar-refractivity contribution in [3.05, 3.63) is 61.2 Å². The standard InChI is InChI=1S/C35H48BrN3O7/c1-4-7-17-27(41)45-23-26(24-15-11-9-12-16-24)37-32(42)28-29-33(43)39(20-13-10-14-21-40)31(35(29)22-25(36)30(28)46-35)34(44)38(18-6-3)19-8-5-2/h4,6,9,11-12,15-16,25-26,28-31,40H,1,3,5,7-8,10,13-14,17-23H2,2H3,(H,37,42)/t25?,26-,28+,29-,30+,31+,35-/m0/s1. The van der Waals surface area contributed by atoms with Gasteiger partial charge in [0, 0.05) is 37.5 Å². The van der Waals surface area contributed by atoms with Crippen molar-refractivity contribution >= 4 is 39.6 Å². The van der Waals surface area contributed by atoms with E-state index in [0.29, 0.717) is 51.7 Å². The first kappa shape index (κ1) is 35.8. The number of nitrogens with zero attached hydrogens (tertiary/aromatic N) is 2. The van der Waals surface area contributed by atoms with Gasteiger partial charge in [0.2, 0.25) is 17.7 Å². The molecule has 3 fully saturated rings. The van der Waals surface area contributed by atoms with E-state index in [9.17, 15) is 24.3 Å². The lowest BCUT2D eigenvalue weighted by molar-refractivity contribution is -0.148. The second-order valence-corrected chi connectivity index (χ2v) is 13.6. The number of likely N-dealkylation sites (tertiary alicyclic amines) is 1. The number of hydrogen-bond donors (Lipinski definition) is 2. The Morgan fingerprint density at radius 2 is 1.96 bits per heavy atom. The summed E-state index contributed by atoms with van der Waals surface area (Å²) in [5, 5.41) is 12.4. The molecule has 0 saturated carbocycles. The van der Waals surface area contributed by atoms with Crippen LogP contribution in [0.3, 0.4) is 0 Å². The highest BCUT2D eigenvalue weighted by molar-refractivity contribution is 9.09. The Balaban J connectivity index is 1.64. The first-order valence-corrected chi connectivity index (χ1v) is 17.4. The van der Waals surface area contributed by atoms with Crippen LogP contribution >= 0.6 is 15.9 Å². The number of esters is 1. The first-order chi connectivity index (χ1) is 22.2. The fraction of sp³-hybridized carbons (Fsp3) is 0.600. The van der Waals surface area contributed by atoms with Gasteiger partial charge >= 0.3 is 5.97 Å². The van der Waals surface area contributed by atoms with E-state index in [1.54, 1.807) is 22.0 Å². The fourth-order valence-corrected chi connectivity index (χ4v) is 8.07. The second-order valence-electron chi connectivity index (χ2n) is 12.4. The van der Waals surface area contributed by atoms with Gasteiger partial charge in [-0.05, 0) is 44.1 Å². The fourth-order valence-electron chi connectivity index (χ4n) is 7.13. The van der Waals surface area contributed by atoms with Crippen LogP contribution in [-0.4, -0.2) is 94.0 Å². The Labute approximate surface area is 280 Å². The number of ether oxygens (including phenoxy) is 2. The van der Waals surface area contributed by atoms with Crippen LogP contribution in [0, 0.1) is 11.8 Å². The van der Waals surface area contributed by atoms with Crippen LogP contribution in [0.1, 0.15) is 69.9 Å². The number of fused-ring (bicyclic) bond motifs is 1. The van der Waals surface area contributed by atoms with Gasteiger partial charge in [-0.25, -0.2) is 0 Å². The molecule has 1 spiro atoms. The van der Waals surface area contributed by atoms with Crippen molar-refractivity contribution in [1.82, 2.24) is 15.1 Å². The summed E-state index contributed by atoms with van der Waals surface area (Å²) in [6.45, 7) is 10.7. The molecule has 1 aromatic carbocycles. The number of allylic oxidation sites excluding steroid dienone is 1. The highest BCUT2D eigenvalue weighted by Gasteiger charge is 2.76. The highest BCUT2D eigenvalue weighted by atomic mass is 79.9. The third kappa shape index (κ3) is 7.58. The van der Waals surface area contributed by atoms with Gasteiger partial charge in [0.05, 0.1) is 24.0 Å². The van der Waals surface area contributed by atoms with Crippen LogP contribution in [0.5, 0.6) is 0 Å². The maximum absolute atomic E-state index is 14.4. The minimum atomic E-state index is -1.17. The van der Waals surface area contributed by atoms with Crippen molar-refractivity contribution in [2.45, 2.75) is 86.9 Å². The number of unbranched alkanes of at least 4 members (excludes halogenated alkanes) is 3. The summed E-state index contributed by atoms with van der Waals surface area (Å²) in [4.78, 5) is 58.5. The zero-order valence-corrected chi connectivity index (χ0v) is 28.4. The van der Waals surface area contributed by atoms with Gasteiger partial charge in [0.25, 0.3) is 0 Å². The molecule has 1 unspecified atom stereocenters. The Morgan fingerprint density at radius 3 is 2.63 bits per heavy atom. The maximum atomic E-state index is 14.4. The maximum Gasteiger partial charge on any atom is 0.306 e. The zero-order valence-electron chi connectivity index (χ0n) is 26.8. The predicted octanol–water partition coefficient (Wildman–Crippen LogP) is 4.08. The van der Waals surface area contributed by atoms with Gasteiger partial charge in [-0.2, -0.15) is 0 Å². The van der Waals surface area contributed by atoms with Crippen molar-refractivity contribution in [3.8, 4) is 0 Å². The van der Waals surface area contributed by atoms with Crippen molar-refractivity contribution in [2.24, 2.45) is 11.8 Å². The summed E-state index contributed by atoms with van der Waals surface area (Å²) < 4.78 is 12.2. The van der Waals surface area contributed by atoms with Gasteiger partial charge in [0.1, 0.15) is 18.2 Å². The van der Waals surface area contributed by atoms with E-state index in [-0.39, 0.29) is 42.2 Å². The number of aliphatic hydroxyl groups is 1. The van der Waals surface area contributed by atoms with Crippen molar-refractivity contribution in [3.63, 3.8) is 0 Å². The molecular formula is C35H48BrN3O7. The largest absolute Gasteiger partial charge is 0.463 e. The Hall–Kier alpha value is -3.02. The van der Waals surface area contributed by atoms with Crippen LogP contribution in [0.15, 0.2) is 55.6 Å². The third-order valence-corrected chi connectivity index (χ3v) is 10.2. The second kappa shape index (κ2) is 16.7. The predicted molar refractivity (Wildman–Crippen MR) is 178 cm³/mol. The average molecular weight is 703 g/mol. The molecule has 0 radical (unpaired) electrons. The van der Waals surface area contributed by atoms with E-state index in [1.165, 1.54) is 0 Å². The minimum Gasteiger partial charge on any atom is -0.463 e. The van der Waals surface area contributed by atoms with Crippen molar-refractivity contribution < 1.29 is 33.8 Å². The number of benzene rings is 1. The molecule has 3 amide bonds. The molecule has 10 nitrogen and oxygen atoms in total. The Kier molecular flexibility index (Phi) is 13.0. The summed E-state index contributed by atoms with van der Waals surface area (Å²) in [5.41, 5.74) is -0.411. The van der Waals surface area contributed by atoms with Gasteiger partial charge in [0.15, 0.2) is 0 Å². The van der Waals surface area contributed by atoms with Crippen molar-refractivity contribution in [2.75, 3.05) is 32.8 Å². The highest BCUT2D eigenvalue weighted by Crippen LogP contribution is 2.60. The van der Waals surface area contributed by atoms with Gasteiger partial charge in [-0.3, -0.25) is 19.2 Å². The zero-order chi connectivity index (χ0) is 33.3. The number of halogens is 1. The number of carbonyl (C=O) groups excluding carboxylic acids is 4. The topological polar surface area (TPSA) is 125 Å². The third-order valence-electron chi connectivity index (χ3n) is 9.31. The summed E-state index contributed by atoms with van der Waals surface area (Å²) in [5.74, 6) is -2.93. The van der Waals surface area contributed by atoms with Crippen LogP contribution < -0.4 is 5.32 Å². The van der Waals surface area contributed by atoms with E-state index < -0.39 is 41.6 Å². The van der Waals surface area contributed by atoms with E-state index >= 15 is 0 Å². The minimum absolute atomic E-state index is 0.0530. The molecule has 3 aliphatic heterocycles. The summed E-state index contributed by atoms with van der Waals surface area (Å²) >= 11 is 3.74.